The minimum absolute atomic E-state index is 0.112. The molecule has 244 valence electrons. The van der Waals surface area contributed by atoms with Crippen LogP contribution in [0.5, 0.6) is 0 Å². The second kappa shape index (κ2) is 16.5. The van der Waals surface area contributed by atoms with Gasteiger partial charge in [-0.05, 0) is 46.5 Å². The van der Waals surface area contributed by atoms with Crippen molar-refractivity contribution in [3.63, 3.8) is 0 Å². The molecular weight excluding hydrogens is 635 g/mol. The molecule has 2 unspecified atom stereocenters. The lowest BCUT2D eigenvalue weighted by Crippen LogP contribution is -2.35. The number of phosphoric ester groups is 1. The fraction of sp³-hybridized carbons (Fsp3) is 0.194. The summed E-state index contributed by atoms with van der Waals surface area (Å²) >= 11 is 0. The Balaban J connectivity index is 1.42. The van der Waals surface area contributed by atoms with Gasteiger partial charge in [-0.3, -0.25) is 13.6 Å². The van der Waals surface area contributed by atoms with Crippen molar-refractivity contribution in [1.29, 1.82) is 10.5 Å². The average molecular weight is 667 g/mol. The number of ether oxygens (including phenoxy) is 3. The number of rotatable bonds is 16. The van der Waals surface area contributed by atoms with Crippen molar-refractivity contribution in [2.75, 3.05) is 6.61 Å². The topological polar surface area (TPSA) is 157 Å². The van der Waals surface area contributed by atoms with Crippen LogP contribution in [0.15, 0.2) is 121 Å². The van der Waals surface area contributed by atoms with Crippen molar-refractivity contribution in [1.82, 2.24) is 0 Å². The highest BCUT2D eigenvalue weighted by molar-refractivity contribution is 7.48. The van der Waals surface area contributed by atoms with E-state index >= 15 is 0 Å². The van der Waals surface area contributed by atoms with Crippen LogP contribution < -0.4 is 0 Å². The van der Waals surface area contributed by atoms with Gasteiger partial charge in [0.15, 0.2) is 11.9 Å². The van der Waals surface area contributed by atoms with Gasteiger partial charge in [-0.15, -0.1) is 0 Å². The monoisotopic (exact) mass is 666 g/mol. The Hall–Kier alpha value is -5.26. The molecule has 4 aromatic carbocycles. The quantitative estimate of drug-likeness (QED) is 0.107. The van der Waals surface area contributed by atoms with Crippen LogP contribution in [0.1, 0.15) is 33.4 Å². The third kappa shape index (κ3) is 9.18. The highest BCUT2D eigenvalue weighted by Gasteiger charge is 2.46. The number of benzene rings is 4. The lowest BCUT2D eigenvalue weighted by atomic mass is 10.1. The van der Waals surface area contributed by atoms with Gasteiger partial charge in [0.05, 0.1) is 43.1 Å². The van der Waals surface area contributed by atoms with Gasteiger partial charge in [0.1, 0.15) is 19.3 Å². The number of nitriles is 2. The molecular formula is C36H31N2O9P. The number of esters is 1. The molecule has 48 heavy (non-hydrogen) atoms. The van der Waals surface area contributed by atoms with Crippen LogP contribution in [0.3, 0.4) is 0 Å². The predicted octanol–water partition coefficient (Wildman–Crippen LogP) is 6.22. The maximum absolute atomic E-state index is 14.1. The van der Waals surface area contributed by atoms with E-state index in [1.165, 1.54) is 0 Å². The summed E-state index contributed by atoms with van der Waals surface area (Å²) in [5.41, 5.74) is 3.39. The number of aliphatic hydroxyl groups is 1. The van der Waals surface area contributed by atoms with E-state index in [9.17, 15) is 25.0 Å². The predicted molar refractivity (Wildman–Crippen MR) is 171 cm³/mol. The number of cyclic esters (lactones) is 1. The van der Waals surface area contributed by atoms with E-state index in [1.54, 1.807) is 97.1 Å². The zero-order valence-electron chi connectivity index (χ0n) is 25.6. The van der Waals surface area contributed by atoms with E-state index in [0.717, 1.165) is 0 Å². The van der Waals surface area contributed by atoms with E-state index in [0.29, 0.717) is 33.4 Å². The minimum Gasteiger partial charge on any atom is -0.485 e. The van der Waals surface area contributed by atoms with Crippen molar-refractivity contribution in [2.24, 2.45) is 0 Å². The molecule has 1 aliphatic heterocycles. The summed E-state index contributed by atoms with van der Waals surface area (Å²) in [5, 5.41) is 29.1. The van der Waals surface area contributed by atoms with Gasteiger partial charge in [-0.2, -0.15) is 10.5 Å². The maximum atomic E-state index is 14.1. The van der Waals surface area contributed by atoms with Crippen LogP contribution in [0, 0.1) is 22.7 Å². The molecule has 0 fully saturated rings. The van der Waals surface area contributed by atoms with Crippen molar-refractivity contribution in [3.05, 3.63) is 154 Å². The summed E-state index contributed by atoms with van der Waals surface area (Å²) in [7, 11) is -4.44. The number of nitrogens with zero attached hydrogens (tertiary/aromatic N) is 2. The summed E-state index contributed by atoms with van der Waals surface area (Å²) in [4.78, 5) is 13.2. The molecule has 0 aromatic heterocycles. The number of hydrogen-bond acceptors (Lipinski definition) is 11. The molecule has 1 N–H and O–H groups in total. The fourth-order valence-corrected chi connectivity index (χ4v) is 5.98. The molecule has 2 atom stereocenters. The molecule has 0 saturated carbocycles. The fourth-order valence-electron chi connectivity index (χ4n) is 4.66. The Labute approximate surface area is 277 Å². The molecule has 1 aliphatic rings. The lowest BCUT2D eigenvalue weighted by Gasteiger charge is -2.27. The Kier molecular flexibility index (Phi) is 11.7. The normalized spacial score (nSPS) is 14.9. The van der Waals surface area contributed by atoms with E-state index in [1.807, 2.05) is 12.1 Å². The lowest BCUT2D eigenvalue weighted by molar-refractivity contribution is -0.148. The van der Waals surface area contributed by atoms with E-state index in [2.05, 4.69) is 12.1 Å². The molecule has 0 amide bonds. The van der Waals surface area contributed by atoms with Crippen LogP contribution in [-0.2, 0) is 63.6 Å². The molecule has 4 aromatic rings. The summed E-state index contributed by atoms with van der Waals surface area (Å²) in [6, 6.07) is 35.3. The molecule has 0 radical (unpaired) electrons. The summed E-state index contributed by atoms with van der Waals surface area (Å²) in [6.45, 7) is -1.29. The van der Waals surface area contributed by atoms with E-state index < -0.39 is 32.6 Å². The van der Waals surface area contributed by atoms with Crippen molar-refractivity contribution in [3.8, 4) is 12.1 Å². The number of aliphatic hydroxyl groups excluding tert-OH is 1. The largest absolute Gasteiger partial charge is 0.485 e. The first-order valence-electron chi connectivity index (χ1n) is 14.8. The summed E-state index contributed by atoms with van der Waals surface area (Å²) in [5.74, 6) is -1.34. The highest BCUT2D eigenvalue weighted by atomic mass is 31.2. The van der Waals surface area contributed by atoms with Crippen LogP contribution >= 0.6 is 7.82 Å². The van der Waals surface area contributed by atoms with E-state index in [-0.39, 0.29) is 37.9 Å². The Morgan fingerprint density at radius 2 is 1.21 bits per heavy atom. The first-order chi connectivity index (χ1) is 23.4. The second-order valence-corrected chi connectivity index (χ2v) is 12.1. The third-order valence-electron chi connectivity index (χ3n) is 7.04. The average Bonchev–Trinajstić information content (AvgIpc) is 3.45. The van der Waals surface area contributed by atoms with Crippen LogP contribution in [-0.4, -0.2) is 29.9 Å². The van der Waals surface area contributed by atoms with Crippen molar-refractivity contribution < 1.29 is 42.2 Å². The zero-order valence-corrected chi connectivity index (χ0v) is 26.5. The number of carbonyl (C=O) groups excluding carboxylic acids is 1. The molecule has 0 spiro atoms. The van der Waals surface area contributed by atoms with Crippen molar-refractivity contribution >= 4 is 13.8 Å². The molecule has 0 saturated heterocycles. The number of phosphoric acid groups is 1. The second-order valence-electron chi connectivity index (χ2n) is 10.5. The Morgan fingerprint density at radius 1 is 0.708 bits per heavy atom. The molecule has 0 bridgehead atoms. The summed E-state index contributed by atoms with van der Waals surface area (Å²) in [6.07, 6.45) is -2.90. The van der Waals surface area contributed by atoms with Gasteiger partial charge in [0, 0.05) is 0 Å². The smallest absolute Gasteiger partial charge is 0.475 e. The van der Waals surface area contributed by atoms with Gasteiger partial charge in [0.2, 0.25) is 5.76 Å². The highest BCUT2D eigenvalue weighted by Crippen LogP contribution is 2.53. The minimum atomic E-state index is -4.44. The first-order valence-corrected chi connectivity index (χ1v) is 16.3. The number of hydrogen-bond donors (Lipinski definition) is 1. The first kappa shape index (κ1) is 34.1. The Bertz CT molecular complexity index is 1820. The zero-order chi connectivity index (χ0) is 33.8. The van der Waals surface area contributed by atoms with Gasteiger partial charge >= 0.3 is 13.8 Å². The van der Waals surface area contributed by atoms with Crippen LogP contribution in [0.25, 0.3) is 0 Å². The number of carbonyl (C=O) groups is 1. The van der Waals surface area contributed by atoms with Crippen LogP contribution in [0.4, 0.5) is 0 Å². The third-order valence-corrected chi connectivity index (χ3v) is 8.46. The molecule has 12 heteroatoms. The van der Waals surface area contributed by atoms with Gasteiger partial charge < -0.3 is 19.3 Å². The van der Waals surface area contributed by atoms with Gasteiger partial charge in [-0.25, -0.2) is 9.36 Å². The van der Waals surface area contributed by atoms with Gasteiger partial charge in [-0.1, -0.05) is 84.9 Å². The standard InChI is InChI=1S/C36H31N2O9P/c37-19-28-13-7-15-30(17-28)22-42-34-33(46-36(40)35(34)43-23-31-16-8-14-29(18-31)20-38)32(21-39)47-48(41,44-24-26-9-3-1-4-10-26)45-25-27-11-5-2-6-12-27/h1-18,32-33,39H,21-25H2. The molecule has 1 heterocycles. The van der Waals surface area contributed by atoms with Crippen LogP contribution in [0.2, 0.25) is 0 Å². The Morgan fingerprint density at radius 3 is 1.71 bits per heavy atom. The van der Waals surface area contributed by atoms with E-state index in [4.69, 9.17) is 27.8 Å². The maximum Gasteiger partial charge on any atom is 0.475 e. The molecule has 5 rings (SSSR count). The van der Waals surface area contributed by atoms with Gasteiger partial charge in [0.25, 0.3) is 0 Å². The molecule has 11 nitrogen and oxygen atoms in total. The summed E-state index contributed by atoms with van der Waals surface area (Å²) < 4.78 is 48.9. The SMILES string of the molecule is N#Cc1cccc(COC2=C(OCc3cccc(C#N)c3)C(C(CO)OP(=O)(OCc3ccccc3)OCc3ccccc3)OC2=O)c1. The van der Waals surface area contributed by atoms with Crippen molar-refractivity contribution in [2.45, 2.75) is 38.6 Å². The molecule has 0 aliphatic carbocycles.